The molecule has 160 valence electrons. The van der Waals surface area contributed by atoms with Gasteiger partial charge in [0.1, 0.15) is 23.9 Å². The maximum atomic E-state index is 14.9. The number of carbonyl (C=O) groups excluding carboxylic acids is 1. The van der Waals surface area contributed by atoms with E-state index in [0.29, 0.717) is 37.4 Å². The maximum absolute atomic E-state index is 14.9. The zero-order valence-corrected chi connectivity index (χ0v) is 17.2. The number of fused-ring (bicyclic) bond motifs is 1. The molecule has 0 saturated carbocycles. The summed E-state index contributed by atoms with van der Waals surface area (Å²) in [4.78, 5) is 14.2. The van der Waals surface area contributed by atoms with Gasteiger partial charge in [-0.2, -0.15) is 0 Å². The number of hydrogen-bond acceptors (Lipinski definition) is 5. The number of rotatable bonds is 6. The van der Waals surface area contributed by atoms with Crippen LogP contribution >= 0.6 is 0 Å². The summed E-state index contributed by atoms with van der Waals surface area (Å²) in [5, 5.41) is 3.30. The molecule has 1 fully saturated rings. The van der Waals surface area contributed by atoms with Crippen molar-refractivity contribution in [2.24, 2.45) is 5.73 Å². The molecule has 0 radical (unpaired) electrons. The van der Waals surface area contributed by atoms with E-state index in [1.54, 1.807) is 13.2 Å². The van der Waals surface area contributed by atoms with Crippen LogP contribution in [0.4, 0.5) is 10.1 Å². The molecule has 0 aromatic heterocycles. The molecule has 2 aliphatic rings. The highest BCUT2D eigenvalue weighted by molar-refractivity contribution is 5.97. The van der Waals surface area contributed by atoms with E-state index < -0.39 is 5.82 Å². The number of amides is 1. The predicted octanol–water partition coefficient (Wildman–Crippen LogP) is 2.77. The molecule has 1 saturated heterocycles. The summed E-state index contributed by atoms with van der Waals surface area (Å²) in [6, 6.07) is 10.5. The molecule has 4 rings (SSSR count). The molecule has 0 aliphatic carbocycles. The monoisotopic (exact) mass is 413 g/mol. The Morgan fingerprint density at radius 3 is 2.57 bits per heavy atom. The minimum atomic E-state index is -0.414. The third kappa shape index (κ3) is 4.27. The van der Waals surface area contributed by atoms with Crippen LogP contribution in [0, 0.1) is 5.82 Å². The molecule has 0 spiro atoms. The molecule has 3 N–H and O–H groups in total. The zero-order valence-electron chi connectivity index (χ0n) is 17.2. The molecule has 6 nitrogen and oxygen atoms in total. The fraction of sp³-hybridized carbons (Fsp3) is 0.435. The highest BCUT2D eigenvalue weighted by Gasteiger charge is 2.32. The van der Waals surface area contributed by atoms with Crippen LogP contribution in [-0.2, 0) is 17.8 Å². The molecule has 0 atom stereocenters. The molecule has 2 heterocycles. The molecular weight excluding hydrogens is 385 g/mol. The van der Waals surface area contributed by atoms with Crippen LogP contribution in [0.2, 0.25) is 0 Å². The lowest BCUT2D eigenvalue weighted by Crippen LogP contribution is -2.53. The van der Waals surface area contributed by atoms with Crippen LogP contribution in [0.5, 0.6) is 11.5 Å². The number of nitrogens with two attached hydrogens (primary N) is 1. The number of anilines is 1. The van der Waals surface area contributed by atoms with E-state index in [-0.39, 0.29) is 11.4 Å². The van der Waals surface area contributed by atoms with Crippen molar-refractivity contribution in [1.29, 1.82) is 0 Å². The third-order valence-electron chi connectivity index (χ3n) is 5.96. The van der Waals surface area contributed by atoms with Crippen LogP contribution < -0.4 is 25.4 Å². The van der Waals surface area contributed by atoms with Crippen LogP contribution in [0.1, 0.15) is 30.4 Å². The van der Waals surface area contributed by atoms with Crippen molar-refractivity contribution in [3.05, 3.63) is 53.3 Å². The minimum absolute atomic E-state index is 0.0944. The largest absolute Gasteiger partial charge is 0.497 e. The van der Waals surface area contributed by atoms with Gasteiger partial charge in [-0.05, 0) is 62.2 Å². The van der Waals surface area contributed by atoms with Gasteiger partial charge in [0.05, 0.1) is 24.9 Å². The van der Waals surface area contributed by atoms with Gasteiger partial charge in [-0.1, -0.05) is 12.1 Å². The quantitative estimate of drug-likeness (QED) is 0.762. The van der Waals surface area contributed by atoms with Gasteiger partial charge in [0, 0.05) is 12.0 Å². The van der Waals surface area contributed by atoms with Crippen LogP contribution in [0.3, 0.4) is 0 Å². The van der Waals surface area contributed by atoms with Gasteiger partial charge in [0.25, 0.3) is 0 Å². The van der Waals surface area contributed by atoms with Gasteiger partial charge in [0.15, 0.2) is 0 Å². The maximum Gasteiger partial charge on any atom is 0.227 e. The lowest BCUT2D eigenvalue weighted by molar-refractivity contribution is -0.119. The van der Waals surface area contributed by atoms with E-state index in [0.717, 1.165) is 42.8 Å². The number of methoxy groups -OCH3 is 1. The topological polar surface area (TPSA) is 76.8 Å². The van der Waals surface area contributed by atoms with Crippen molar-refractivity contribution < 1.29 is 18.7 Å². The van der Waals surface area contributed by atoms with Crippen molar-refractivity contribution in [3.63, 3.8) is 0 Å². The molecule has 30 heavy (non-hydrogen) atoms. The highest BCUT2D eigenvalue weighted by Crippen LogP contribution is 2.38. The van der Waals surface area contributed by atoms with Crippen LogP contribution in [0.25, 0.3) is 0 Å². The first-order chi connectivity index (χ1) is 14.5. The normalized spacial score (nSPS) is 18.1. The summed E-state index contributed by atoms with van der Waals surface area (Å²) in [7, 11) is 1.60. The van der Waals surface area contributed by atoms with E-state index in [2.05, 4.69) is 5.32 Å². The SMILES string of the molecule is COc1ccc(CN2C(=O)CCc3c(OCC4(N)CCNCC4)ccc(F)c32)cc1. The highest BCUT2D eigenvalue weighted by atomic mass is 19.1. The Kier molecular flexibility index (Phi) is 5.92. The number of benzene rings is 2. The van der Waals surface area contributed by atoms with E-state index >= 15 is 0 Å². The first kappa shape index (κ1) is 20.6. The number of piperidine rings is 1. The summed E-state index contributed by atoms with van der Waals surface area (Å²) in [5.74, 6) is 0.841. The molecule has 2 aliphatic heterocycles. The predicted molar refractivity (Wildman–Crippen MR) is 113 cm³/mol. The molecule has 7 heteroatoms. The zero-order chi connectivity index (χ0) is 21.1. The molecule has 2 aromatic rings. The number of carbonyl (C=O) groups is 1. The van der Waals surface area contributed by atoms with Gasteiger partial charge in [-0.15, -0.1) is 0 Å². The standard InChI is InChI=1S/C23H28FN3O3/c1-29-17-4-2-16(3-5-17)14-27-21(28)9-6-18-20(8-7-19(24)22(18)27)30-15-23(25)10-12-26-13-11-23/h2-5,7-8,26H,6,9-15,25H2,1H3. The average Bonchev–Trinajstić information content (AvgIpc) is 2.76. The average molecular weight is 413 g/mol. The molecule has 0 unspecified atom stereocenters. The molecule has 0 bridgehead atoms. The van der Waals surface area contributed by atoms with E-state index in [1.165, 1.54) is 11.0 Å². The van der Waals surface area contributed by atoms with Gasteiger partial charge in [0.2, 0.25) is 5.91 Å². The summed E-state index contributed by atoms with van der Waals surface area (Å²) in [5.41, 5.74) is 8.04. The molecule has 2 aromatic carbocycles. The lowest BCUT2D eigenvalue weighted by Gasteiger charge is -2.35. The first-order valence-corrected chi connectivity index (χ1v) is 10.4. The summed E-state index contributed by atoms with van der Waals surface area (Å²) in [6.07, 6.45) is 2.44. The van der Waals surface area contributed by atoms with Gasteiger partial charge >= 0.3 is 0 Å². The second kappa shape index (κ2) is 8.62. The fourth-order valence-corrected chi connectivity index (χ4v) is 4.12. The summed E-state index contributed by atoms with van der Waals surface area (Å²) < 4.78 is 26.1. The number of ether oxygens (including phenoxy) is 2. The van der Waals surface area contributed by atoms with Crippen molar-refractivity contribution in [3.8, 4) is 11.5 Å². The smallest absolute Gasteiger partial charge is 0.227 e. The minimum Gasteiger partial charge on any atom is -0.497 e. The Balaban J connectivity index is 1.58. The summed E-state index contributed by atoms with van der Waals surface area (Å²) >= 11 is 0. The van der Waals surface area contributed by atoms with Crippen molar-refractivity contribution in [2.45, 2.75) is 37.8 Å². The van der Waals surface area contributed by atoms with E-state index in [4.69, 9.17) is 15.2 Å². The van der Waals surface area contributed by atoms with Gasteiger partial charge in [-0.25, -0.2) is 4.39 Å². The summed E-state index contributed by atoms with van der Waals surface area (Å²) in [6.45, 7) is 2.40. The second-order valence-electron chi connectivity index (χ2n) is 8.10. The lowest BCUT2D eigenvalue weighted by atomic mass is 9.90. The van der Waals surface area contributed by atoms with Gasteiger partial charge < -0.3 is 25.4 Å². The Bertz CT molecular complexity index is 911. The number of nitrogens with zero attached hydrogens (tertiary/aromatic N) is 1. The van der Waals surface area contributed by atoms with E-state index in [1.807, 2.05) is 24.3 Å². The van der Waals surface area contributed by atoms with Crippen molar-refractivity contribution >= 4 is 11.6 Å². The second-order valence-corrected chi connectivity index (χ2v) is 8.10. The Hall–Kier alpha value is -2.64. The van der Waals surface area contributed by atoms with Gasteiger partial charge in [-0.3, -0.25) is 4.79 Å². The first-order valence-electron chi connectivity index (χ1n) is 10.4. The number of halogens is 1. The Morgan fingerprint density at radius 1 is 1.13 bits per heavy atom. The third-order valence-corrected chi connectivity index (χ3v) is 5.96. The number of hydrogen-bond donors (Lipinski definition) is 2. The van der Waals surface area contributed by atoms with Crippen molar-refractivity contribution in [2.75, 3.05) is 31.7 Å². The van der Waals surface area contributed by atoms with Crippen molar-refractivity contribution in [1.82, 2.24) is 5.32 Å². The molecular formula is C23H28FN3O3. The van der Waals surface area contributed by atoms with Crippen LogP contribution in [-0.4, -0.2) is 38.3 Å². The Morgan fingerprint density at radius 2 is 1.87 bits per heavy atom. The molecule has 1 amide bonds. The van der Waals surface area contributed by atoms with Crippen LogP contribution in [0.15, 0.2) is 36.4 Å². The Labute approximate surface area is 176 Å². The van der Waals surface area contributed by atoms with E-state index in [9.17, 15) is 9.18 Å². The number of nitrogens with one attached hydrogen (secondary N) is 1. The fourth-order valence-electron chi connectivity index (χ4n) is 4.12.